The fourth-order valence-electron chi connectivity index (χ4n) is 6.45. The first-order valence-electron chi connectivity index (χ1n) is 15.8. The molecule has 230 valence electrons. The van der Waals surface area contributed by atoms with E-state index in [-0.39, 0.29) is 30.2 Å². The van der Waals surface area contributed by atoms with Crippen molar-refractivity contribution in [1.82, 2.24) is 20.5 Å². The Kier molecular flexibility index (Phi) is 8.96. The van der Waals surface area contributed by atoms with Crippen molar-refractivity contribution >= 4 is 39.4 Å². The Bertz CT molecular complexity index is 1830. The zero-order valence-electron chi connectivity index (χ0n) is 25.9. The molecule has 1 aromatic heterocycles. The van der Waals surface area contributed by atoms with Gasteiger partial charge in [-0.05, 0) is 47.7 Å². The van der Waals surface area contributed by atoms with Crippen LogP contribution in [0.4, 0.5) is 0 Å². The molecule has 1 aliphatic carbocycles. The molecular weight excluding hydrogens is 560 g/mol. The lowest BCUT2D eigenvalue weighted by molar-refractivity contribution is -0.135. The van der Waals surface area contributed by atoms with Crippen LogP contribution in [0.2, 0.25) is 0 Å². The van der Waals surface area contributed by atoms with Gasteiger partial charge in [0.2, 0.25) is 11.8 Å². The predicted molar refractivity (Wildman–Crippen MR) is 179 cm³/mol. The second-order valence-corrected chi connectivity index (χ2v) is 12.3. The summed E-state index contributed by atoms with van der Waals surface area (Å²) in [6.45, 7) is 2.02. The molecule has 1 fully saturated rings. The molecule has 0 radical (unpaired) electrons. The van der Waals surface area contributed by atoms with Crippen LogP contribution < -0.4 is 10.6 Å². The van der Waals surface area contributed by atoms with Crippen LogP contribution in [0.15, 0.2) is 97.2 Å². The van der Waals surface area contributed by atoms with E-state index in [2.05, 4.69) is 45.9 Å². The first-order chi connectivity index (χ1) is 21.9. The van der Waals surface area contributed by atoms with Gasteiger partial charge in [-0.3, -0.25) is 14.4 Å². The number of nitrogens with zero attached hydrogens (tertiary/aromatic N) is 1. The standard InChI is InChI=1S/C38H40N4O3/c1-25-15-17-26(18-16-25)23-36(43)42(2)35(22-27-19-20-28-9-3-4-10-29(28)21-27)41-37(44)31-12-6-8-14-34(31)40-38(45)32-24-39-33-13-7-5-11-30(32)33/h3-5,7,9-11,13,15-21,24,31,34-35,39H,6,8,12,14,22-23H2,1-2H3,(H,40,45)(H,41,44). The van der Waals surface area contributed by atoms with Crippen molar-refractivity contribution in [3.05, 3.63) is 119 Å². The summed E-state index contributed by atoms with van der Waals surface area (Å²) in [4.78, 5) is 45.8. The number of para-hydroxylation sites is 1. The zero-order valence-corrected chi connectivity index (χ0v) is 25.9. The monoisotopic (exact) mass is 600 g/mol. The van der Waals surface area contributed by atoms with Crippen LogP contribution in [0, 0.1) is 12.8 Å². The molecule has 3 amide bonds. The van der Waals surface area contributed by atoms with Gasteiger partial charge in [0.25, 0.3) is 5.91 Å². The average Bonchev–Trinajstić information content (AvgIpc) is 3.50. The molecule has 7 heteroatoms. The van der Waals surface area contributed by atoms with Crippen LogP contribution in [0.5, 0.6) is 0 Å². The first kappa shape index (κ1) is 30.1. The lowest BCUT2D eigenvalue weighted by Gasteiger charge is -2.35. The number of benzene rings is 4. The van der Waals surface area contributed by atoms with Crippen LogP contribution in [0.3, 0.4) is 0 Å². The molecule has 1 heterocycles. The largest absolute Gasteiger partial charge is 0.360 e. The van der Waals surface area contributed by atoms with Gasteiger partial charge < -0.3 is 20.5 Å². The van der Waals surface area contributed by atoms with E-state index in [1.54, 1.807) is 18.1 Å². The summed E-state index contributed by atoms with van der Waals surface area (Å²) in [6, 6.07) is 29.8. The molecule has 1 aliphatic rings. The fourth-order valence-corrected chi connectivity index (χ4v) is 6.45. The van der Waals surface area contributed by atoms with Crippen LogP contribution in [-0.2, 0) is 22.4 Å². The molecule has 0 saturated heterocycles. The summed E-state index contributed by atoms with van der Waals surface area (Å²) in [7, 11) is 1.76. The Morgan fingerprint density at radius 2 is 1.58 bits per heavy atom. The maximum Gasteiger partial charge on any atom is 0.253 e. The van der Waals surface area contributed by atoms with Gasteiger partial charge in [0.15, 0.2) is 0 Å². The highest BCUT2D eigenvalue weighted by molar-refractivity contribution is 6.07. The third kappa shape index (κ3) is 6.93. The second kappa shape index (κ2) is 13.4. The van der Waals surface area contributed by atoms with Crippen molar-refractivity contribution in [2.24, 2.45) is 5.92 Å². The third-order valence-electron chi connectivity index (χ3n) is 9.14. The van der Waals surface area contributed by atoms with E-state index in [1.165, 1.54) is 0 Å². The quantitative estimate of drug-likeness (QED) is 0.173. The molecule has 0 aliphatic heterocycles. The molecule has 1 saturated carbocycles. The van der Waals surface area contributed by atoms with Gasteiger partial charge in [0.05, 0.1) is 17.9 Å². The van der Waals surface area contributed by atoms with E-state index in [1.807, 2.05) is 67.6 Å². The van der Waals surface area contributed by atoms with Crippen LogP contribution in [0.1, 0.15) is 52.7 Å². The minimum absolute atomic E-state index is 0.0715. The molecule has 6 rings (SSSR count). The van der Waals surface area contributed by atoms with Gasteiger partial charge in [-0.25, -0.2) is 0 Å². The van der Waals surface area contributed by atoms with E-state index in [0.717, 1.165) is 57.6 Å². The highest BCUT2D eigenvalue weighted by atomic mass is 16.2. The van der Waals surface area contributed by atoms with Crippen molar-refractivity contribution in [3.8, 4) is 0 Å². The predicted octanol–water partition coefficient (Wildman–Crippen LogP) is 6.30. The Labute approximate surface area is 264 Å². The molecule has 7 nitrogen and oxygen atoms in total. The maximum atomic E-state index is 14.0. The van der Waals surface area contributed by atoms with Crippen molar-refractivity contribution in [2.45, 2.75) is 57.7 Å². The summed E-state index contributed by atoms with van der Waals surface area (Å²) in [6.07, 6.45) is 5.14. The van der Waals surface area contributed by atoms with E-state index in [4.69, 9.17) is 0 Å². The number of hydrogen-bond acceptors (Lipinski definition) is 3. The summed E-state index contributed by atoms with van der Waals surface area (Å²) in [5, 5.41) is 9.52. The number of aryl methyl sites for hydroxylation is 1. The summed E-state index contributed by atoms with van der Waals surface area (Å²) < 4.78 is 0. The first-order valence-corrected chi connectivity index (χ1v) is 15.8. The van der Waals surface area contributed by atoms with E-state index in [9.17, 15) is 14.4 Å². The molecule has 5 aromatic rings. The smallest absolute Gasteiger partial charge is 0.253 e. The number of nitrogens with one attached hydrogen (secondary N) is 3. The number of amides is 3. The number of hydrogen-bond donors (Lipinski definition) is 3. The number of aromatic amines is 1. The third-order valence-corrected chi connectivity index (χ3v) is 9.14. The SMILES string of the molecule is Cc1ccc(CC(=O)N(C)C(Cc2ccc3ccccc3c2)NC(=O)C2CCCCC2NC(=O)c2c[nH]c3ccccc23)cc1. The lowest BCUT2D eigenvalue weighted by atomic mass is 9.83. The van der Waals surface area contributed by atoms with Crippen LogP contribution in [-0.4, -0.2) is 46.9 Å². The van der Waals surface area contributed by atoms with Gasteiger partial charge in [0.1, 0.15) is 6.17 Å². The topological polar surface area (TPSA) is 94.3 Å². The molecule has 0 spiro atoms. The fraction of sp³-hybridized carbons (Fsp3) is 0.289. The van der Waals surface area contributed by atoms with Crippen molar-refractivity contribution in [1.29, 1.82) is 0 Å². The Hall–Kier alpha value is -4.91. The number of aromatic nitrogens is 1. The van der Waals surface area contributed by atoms with Crippen molar-refractivity contribution in [3.63, 3.8) is 0 Å². The van der Waals surface area contributed by atoms with Crippen molar-refractivity contribution < 1.29 is 14.4 Å². The molecule has 4 aromatic carbocycles. The number of carbonyl (C=O) groups excluding carboxylic acids is 3. The minimum atomic E-state index is -0.552. The molecule has 3 atom stereocenters. The average molecular weight is 601 g/mol. The number of H-pyrrole nitrogens is 1. The highest BCUT2D eigenvalue weighted by Gasteiger charge is 2.34. The molecular formula is C38H40N4O3. The Morgan fingerprint density at radius 3 is 2.40 bits per heavy atom. The summed E-state index contributed by atoms with van der Waals surface area (Å²) >= 11 is 0. The lowest BCUT2D eigenvalue weighted by Crippen LogP contribution is -2.55. The van der Waals surface area contributed by atoms with Gasteiger partial charge in [0, 0.05) is 36.6 Å². The normalized spacial score (nSPS) is 17.1. The van der Waals surface area contributed by atoms with Crippen LogP contribution in [0.25, 0.3) is 21.7 Å². The van der Waals surface area contributed by atoms with Gasteiger partial charge in [-0.2, -0.15) is 0 Å². The molecule has 3 N–H and O–H groups in total. The zero-order chi connectivity index (χ0) is 31.3. The summed E-state index contributed by atoms with van der Waals surface area (Å²) in [5.41, 5.74) is 4.57. The van der Waals surface area contributed by atoms with Crippen molar-refractivity contribution in [2.75, 3.05) is 7.05 Å². The Balaban J connectivity index is 1.21. The number of rotatable bonds is 9. The molecule has 45 heavy (non-hydrogen) atoms. The van der Waals surface area contributed by atoms with Gasteiger partial charge in [-0.1, -0.05) is 103 Å². The van der Waals surface area contributed by atoms with Gasteiger partial charge >= 0.3 is 0 Å². The molecule has 3 unspecified atom stereocenters. The van der Waals surface area contributed by atoms with Crippen LogP contribution >= 0.6 is 0 Å². The number of likely N-dealkylation sites (N-methyl/N-ethyl adjacent to an activating group) is 1. The van der Waals surface area contributed by atoms with E-state index < -0.39 is 12.1 Å². The van der Waals surface area contributed by atoms with E-state index in [0.29, 0.717) is 18.4 Å². The Morgan fingerprint density at radius 1 is 0.867 bits per heavy atom. The second-order valence-electron chi connectivity index (χ2n) is 12.3. The number of carbonyl (C=O) groups is 3. The van der Waals surface area contributed by atoms with E-state index >= 15 is 0 Å². The summed E-state index contributed by atoms with van der Waals surface area (Å²) in [5.74, 6) is -0.791. The molecule has 0 bridgehead atoms. The number of fused-ring (bicyclic) bond motifs is 2. The maximum absolute atomic E-state index is 14.0. The minimum Gasteiger partial charge on any atom is -0.360 e. The van der Waals surface area contributed by atoms with Gasteiger partial charge in [-0.15, -0.1) is 0 Å². The highest BCUT2D eigenvalue weighted by Crippen LogP contribution is 2.27.